The number of rotatable bonds is 10. The van der Waals surface area contributed by atoms with Crippen molar-refractivity contribution in [3.8, 4) is 0 Å². The van der Waals surface area contributed by atoms with E-state index >= 15 is 0 Å². The Morgan fingerprint density at radius 3 is 1.85 bits per heavy atom. The van der Waals surface area contributed by atoms with Gasteiger partial charge in [0.2, 0.25) is 0 Å². The van der Waals surface area contributed by atoms with E-state index in [1.165, 1.54) is 6.92 Å². The fraction of sp³-hybridized carbons (Fsp3) is 0.296. The van der Waals surface area contributed by atoms with Crippen LogP contribution in [-0.4, -0.2) is 36.3 Å². The molecule has 0 N–H and O–H groups in total. The van der Waals surface area contributed by atoms with Crippen molar-refractivity contribution in [3.05, 3.63) is 102 Å². The molecule has 33 heavy (non-hydrogen) atoms. The van der Waals surface area contributed by atoms with Crippen LogP contribution in [0.15, 0.2) is 95.9 Å². The van der Waals surface area contributed by atoms with E-state index in [1.54, 1.807) is 11.8 Å². The molecule has 1 saturated heterocycles. The molecule has 3 aromatic rings. The second-order valence-electron chi connectivity index (χ2n) is 7.80. The highest BCUT2D eigenvalue weighted by molar-refractivity contribution is 7.99. The van der Waals surface area contributed by atoms with Gasteiger partial charge >= 0.3 is 5.97 Å². The molecular formula is C27H28O5S. The topological polar surface area (TPSA) is 54.0 Å². The summed E-state index contributed by atoms with van der Waals surface area (Å²) in [7, 11) is 0. The first kappa shape index (κ1) is 23.5. The second kappa shape index (κ2) is 12.0. The van der Waals surface area contributed by atoms with Crippen molar-refractivity contribution in [1.82, 2.24) is 0 Å². The molecule has 0 radical (unpaired) electrons. The van der Waals surface area contributed by atoms with Gasteiger partial charge in [0.25, 0.3) is 0 Å². The Morgan fingerprint density at radius 2 is 1.30 bits per heavy atom. The van der Waals surface area contributed by atoms with Crippen LogP contribution in [0.2, 0.25) is 0 Å². The molecule has 0 aromatic heterocycles. The van der Waals surface area contributed by atoms with E-state index < -0.39 is 12.2 Å². The van der Waals surface area contributed by atoms with E-state index in [1.807, 2.05) is 91.0 Å². The Labute approximate surface area is 199 Å². The van der Waals surface area contributed by atoms with Crippen LogP contribution in [0.3, 0.4) is 0 Å². The summed E-state index contributed by atoms with van der Waals surface area (Å²) in [6, 6.07) is 30.1. The maximum atomic E-state index is 11.5. The SMILES string of the molecule is CC(=O)OC[C@@H]1O[C@@H](Sc2ccccc2)C(OCc2ccccc2)C1OCc1ccccc1. The lowest BCUT2D eigenvalue weighted by molar-refractivity contribution is -0.147. The zero-order valence-electron chi connectivity index (χ0n) is 18.5. The summed E-state index contributed by atoms with van der Waals surface area (Å²) in [5, 5.41) is 0. The zero-order valence-corrected chi connectivity index (χ0v) is 19.4. The van der Waals surface area contributed by atoms with E-state index in [-0.39, 0.29) is 24.1 Å². The van der Waals surface area contributed by atoms with Crippen molar-refractivity contribution in [2.75, 3.05) is 6.61 Å². The molecule has 1 fully saturated rings. The molecular weight excluding hydrogens is 436 g/mol. The molecule has 1 heterocycles. The number of hydrogen-bond acceptors (Lipinski definition) is 6. The summed E-state index contributed by atoms with van der Waals surface area (Å²) in [4.78, 5) is 12.6. The van der Waals surface area contributed by atoms with Gasteiger partial charge in [0.15, 0.2) is 0 Å². The van der Waals surface area contributed by atoms with Gasteiger partial charge in [0, 0.05) is 11.8 Å². The predicted molar refractivity (Wildman–Crippen MR) is 128 cm³/mol. The van der Waals surface area contributed by atoms with E-state index in [4.69, 9.17) is 18.9 Å². The highest BCUT2D eigenvalue weighted by Crippen LogP contribution is 2.38. The van der Waals surface area contributed by atoms with Crippen LogP contribution >= 0.6 is 11.8 Å². The first-order valence-electron chi connectivity index (χ1n) is 11.0. The summed E-state index contributed by atoms with van der Waals surface area (Å²) in [5.74, 6) is -0.346. The molecule has 1 aliphatic rings. The third-order valence-corrected chi connectivity index (χ3v) is 6.44. The van der Waals surface area contributed by atoms with Crippen molar-refractivity contribution in [1.29, 1.82) is 0 Å². The first-order valence-corrected chi connectivity index (χ1v) is 11.9. The lowest BCUT2D eigenvalue weighted by Gasteiger charge is -2.25. The number of carbonyl (C=O) groups is 1. The molecule has 0 saturated carbocycles. The number of benzene rings is 3. The Morgan fingerprint density at radius 1 is 0.788 bits per heavy atom. The standard InChI is InChI=1S/C27H28O5S/c1-20(28)29-19-24-25(30-17-21-11-5-2-6-12-21)26(31-18-22-13-7-3-8-14-22)27(32-24)33-23-15-9-4-10-16-23/h2-16,24-27H,17-19H2,1H3/t24-,25?,26?,27-/m0/s1. The first-order chi connectivity index (χ1) is 16.2. The smallest absolute Gasteiger partial charge is 0.302 e. The lowest BCUT2D eigenvalue weighted by Crippen LogP contribution is -2.38. The minimum atomic E-state index is -0.431. The molecule has 0 aliphatic carbocycles. The molecule has 4 rings (SSSR count). The van der Waals surface area contributed by atoms with Crippen molar-refractivity contribution in [2.24, 2.45) is 0 Å². The summed E-state index contributed by atoms with van der Waals surface area (Å²) >= 11 is 1.59. The number of carbonyl (C=O) groups excluding carboxylic acids is 1. The van der Waals surface area contributed by atoms with Crippen LogP contribution in [0.25, 0.3) is 0 Å². The van der Waals surface area contributed by atoms with Crippen LogP contribution in [0.5, 0.6) is 0 Å². The third kappa shape index (κ3) is 6.92. The van der Waals surface area contributed by atoms with Crippen LogP contribution < -0.4 is 0 Å². The summed E-state index contributed by atoms with van der Waals surface area (Å²) < 4.78 is 24.4. The average Bonchev–Trinajstić information content (AvgIpc) is 3.17. The van der Waals surface area contributed by atoms with E-state index in [2.05, 4.69) is 0 Å². The number of esters is 1. The van der Waals surface area contributed by atoms with Crippen LogP contribution in [0.1, 0.15) is 18.1 Å². The van der Waals surface area contributed by atoms with Gasteiger partial charge in [-0.05, 0) is 23.3 Å². The minimum absolute atomic E-state index is 0.117. The van der Waals surface area contributed by atoms with E-state index in [0.717, 1.165) is 16.0 Å². The monoisotopic (exact) mass is 464 g/mol. The summed E-state index contributed by atoms with van der Waals surface area (Å²) in [5.41, 5.74) is 1.83. The van der Waals surface area contributed by atoms with E-state index in [0.29, 0.717) is 13.2 Å². The van der Waals surface area contributed by atoms with E-state index in [9.17, 15) is 4.79 Å². The zero-order chi connectivity index (χ0) is 22.9. The highest BCUT2D eigenvalue weighted by atomic mass is 32.2. The lowest BCUT2D eigenvalue weighted by atomic mass is 10.1. The fourth-order valence-electron chi connectivity index (χ4n) is 3.66. The third-order valence-electron chi connectivity index (χ3n) is 5.28. The molecule has 0 amide bonds. The molecule has 1 aliphatic heterocycles. The largest absolute Gasteiger partial charge is 0.463 e. The molecule has 0 spiro atoms. The van der Waals surface area contributed by atoms with Crippen molar-refractivity contribution < 1.29 is 23.7 Å². The Balaban J connectivity index is 1.54. The van der Waals surface area contributed by atoms with Gasteiger partial charge in [0.1, 0.15) is 30.4 Å². The Hall–Kier alpha value is -2.64. The summed E-state index contributed by atoms with van der Waals surface area (Å²) in [6.45, 7) is 2.37. The molecule has 2 unspecified atom stereocenters. The minimum Gasteiger partial charge on any atom is -0.463 e. The number of hydrogen-bond donors (Lipinski definition) is 0. The quantitative estimate of drug-likeness (QED) is 0.383. The number of ether oxygens (including phenoxy) is 4. The van der Waals surface area contributed by atoms with Crippen molar-refractivity contribution >= 4 is 17.7 Å². The van der Waals surface area contributed by atoms with Crippen molar-refractivity contribution in [3.63, 3.8) is 0 Å². The molecule has 5 nitrogen and oxygen atoms in total. The molecule has 4 atom stereocenters. The van der Waals surface area contributed by atoms with Crippen LogP contribution in [-0.2, 0) is 37.0 Å². The van der Waals surface area contributed by atoms with Gasteiger partial charge in [-0.15, -0.1) is 0 Å². The van der Waals surface area contributed by atoms with Gasteiger partial charge in [-0.2, -0.15) is 0 Å². The van der Waals surface area contributed by atoms with Gasteiger partial charge in [-0.3, -0.25) is 4.79 Å². The Bertz CT molecular complexity index is 983. The van der Waals surface area contributed by atoms with Gasteiger partial charge in [0.05, 0.1) is 13.2 Å². The highest BCUT2D eigenvalue weighted by Gasteiger charge is 2.47. The van der Waals surface area contributed by atoms with Crippen LogP contribution in [0.4, 0.5) is 0 Å². The van der Waals surface area contributed by atoms with Gasteiger partial charge < -0.3 is 18.9 Å². The average molecular weight is 465 g/mol. The predicted octanol–water partition coefficient (Wildman–Crippen LogP) is 5.24. The molecule has 172 valence electrons. The molecule has 3 aromatic carbocycles. The number of thioether (sulfide) groups is 1. The van der Waals surface area contributed by atoms with Gasteiger partial charge in [-0.25, -0.2) is 0 Å². The second-order valence-corrected chi connectivity index (χ2v) is 8.97. The maximum Gasteiger partial charge on any atom is 0.302 e. The fourth-order valence-corrected chi connectivity index (χ4v) is 4.81. The normalized spacial score (nSPS) is 22.2. The maximum absolute atomic E-state index is 11.5. The molecule has 0 bridgehead atoms. The van der Waals surface area contributed by atoms with Gasteiger partial charge in [-0.1, -0.05) is 90.6 Å². The Kier molecular flexibility index (Phi) is 8.55. The van der Waals surface area contributed by atoms with Crippen LogP contribution in [0, 0.1) is 0 Å². The summed E-state index contributed by atoms with van der Waals surface area (Å²) in [6.07, 6.45) is -1.17. The molecule has 6 heteroatoms. The van der Waals surface area contributed by atoms with Crippen molar-refractivity contribution in [2.45, 2.75) is 48.8 Å².